The van der Waals surface area contributed by atoms with Gasteiger partial charge in [-0.1, -0.05) is 24.3 Å². The van der Waals surface area contributed by atoms with Crippen LogP contribution in [0.15, 0.2) is 60.8 Å². The summed E-state index contributed by atoms with van der Waals surface area (Å²) >= 11 is 0. The summed E-state index contributed by atoms with van der Waals surface area (Å²) in [7, 11) is 2.18. The van der Waals surface area contributed by atoms with Crippen LogP contribution in [0.5, 0.6) is 0 Å². The van der Waals surface area contributed by atoms with Gasteiger partial charge in [0.25, 0.3) is 5.91 Å². The van der Waals surface area contributed by atoms with Crippen molar-refractivity contribution in [1.29, 1.82) is 0 Å². The summed E-state index contributed by atoms with van der Waals surface area (Å²) in [6, 6.07) is 17.1. The number of nitrogens with zero attached hydrogens (tertiary/aromatic N) is 4. The van der Waals surface area contributed by atoms with E-state index in [0.717, 1.165) is 37.1 Å². The van der Waals surface area contributed by atoms with E-state index >= 15 is 0 Å². The molecule has 0 unspecified atom stereocenters. The van der Waals surface area contributed by atoms with E-state index in [0.29, 0.717) is 36.6 Å². The van der Waals surface area contributed by atoms with Crippen LogP contribution in [0.1, 0.15) is 24.6 Å². The second-order valence-electron chi connectivity index (χ2n) is 9.39. The second kappa shape index (κ2) is 9.99. The van der Waals surface area contributed by atoms with Gasteiger partial charge < -0.3 is 14.8 Å². The Balaban J connectivity index is 1.28. The number of benzene rings is 2. The summed E-state index contributed by atoms with van der Waals surface area (Å²) in [5.41, 5.74) is 1.93. The minimum atomic E-state index is -0.224. The van der Waals surface area contributed by atoms with E-state index in [9.17, 15) is 9.59 Å². The van der Waals surface area contributed by atoms with Crippen molar-refractivity contribution in [1.82, 2.24) is 19.7 Å². The van der Waals surface area contributed by atoms with Crippen molar-refractivity contribution in [2.75, 3.05) is 57.8 Å². The molecule has 0 atom stereocenters. The Morgan fingerprint density at radius 3 is 2.47 bits per heavy atom. The van der Waals surface area contributed by atoms with Crippen molar-refractivity contribution >= 4 is 28.4 Å². The third-order valence-electron chi connectivity index (χ3n) is 7.21. The zero-order valence-corrected chi connectivity index (χ0v) is 19.7. The van der Waals surface area contributed by atoms with E-state index in [-0.39, 0.29) is 18.4 Å². The van der Waals surface area contributed by atoms with Crippen LogP contribution >= 0.6 is 0 Å². The Labute approximate surface area is 202 Å². The maximum absolute atomic E-state index is 13.6. The smallest absolute Gasteiger partial charge is 0.258 e. The van der Waals surface area contributed by atoms with Crippen LogP contribution in [0.2, 0.25) is 0 Å². The Bertz CT molecular complexity index is 1180. The summed E-state index contributed by atoms with van der Waals surface area (Å²) < 4.78 is 7.81. The second-order valence-corrected chi connectivity index (χ2v) is 9.39. The molecule has 2 aliphatic heterocycles. The number of piperazine rings is 1. The number of nitrogens with one attached hydrogen (secondary N) is 1. The molecule has 1 N–H and O–H groups in total. The predicted octanol–water partition coefficient (Wildman–Crippen LogP) is 3.05. The van der Waals surface area contributed by atoms with Gasteiger partial charge in [0.2, 0.25) is 5.91 Å². The predicted molar refractivity (Wildman–Crippen MR) is 135 cm³/mol. The molecule has 7 nitrogen and oxygen atoms in total. The molecule has 2 aliphatic rings. The summed E-state index contributed by atoms with van der Waals surface area (Å²) in [6.07, 6.45) is 2.68. The van der Waals surface area contributed by atoms with Gasteiger partial charge >= 0.3 is 0 Å². The van der Waals surface area contributed by atoms with Crippen LogP contribution in [0, 0.1) is 0 Å². The molecule has 2 fully saturated rings. The number of hydrogen-bond donors (Lipinski definition) is 1. The molecule has 0 spiro atoms. The number of rotatable bonds is 5. The lowest BCUT2D eigenvalue weighted by Crippen LogP contribution is -2.55. The fourth-order valence-corrected chi connectivity index (χ4v) is 5.09. The van der Waals surface area contributed by atoms with Crippen LogP contribution in [-0.2, 0) is 4.79 Å². The number of para-hydroxylation sites is 1. The Morgan fingerprint density at radius 1 is 1.00 bits per heavy atom. The molecule has 2 saturated heterocycles. The van der Waals surface area contributed by atoms with Crippen LogP contribution in [0.4, 0.5) is 5.69 Å². The fourth-order valence-electron chi connectivity index (χ4n) is 5.09. The molecule has 5 rings (SSSR count). The highest BCUT2D eigenvalue weighted by molar-refractivity contribution is 6.10. The molecule has 7 heteroatoms. The Morgan fingerprint density at radius 2 is 1.74 bits per heavy atom. The molecule has 3 aromatic rings. The lowest BCUT2D eigenvalue weighted by molar-refractivity contribution is -0.131. The summed E-state index contributed by atoms with van der Waals surface area (Å²) in [5, 5.41) is 0.886. The van der Waals surface area contributed by atoms with Gasteiger partial charge in [0.15, 0.2) is 0 Å². The number of aromatic nitrogens is 1. The van der Waals surface area contributed by atoms with E-state index < -0.39 is 0 Å². The minimum absolute atomic E-state index is 0.00350. The van der Waals surface area contributed by atoms with E-state index in [1.54, 1.807) is 23.1 Å². The van der Waals surface area contributed by atoms with Crippen molar-refractivity contribution < 1.29 is 11.0 Å². The van der Waals surface area contributed by atoms with Crippen molar-refractivity contribution in [2.24, 2.45) is 0 Å². The Hall–Kier alpha value is -3.16. The molecule has 3 heterocycles. The highest BCUT2D eigenvalue weighted by Gasteiger charge is 2.30. The minimum Gasteiger partial charge on any atom is -0.361 e. The number of anilines is 1. The Kier molecular flexibility index (Phi) is 6.28. The van der Waals surface area contributed by atoms with E-state index in [4.69, 9.17) is 1.37 Å². The average Bonchev–Trinajstić information content (AvgIpc) is 3.27. The number of hydrogen-bond acceptors (Lipinski definition) is 4. The SMILES string of the molecule is [2H]c1cc2ccc(C(=O)N(CC(=O)N3CCN(C4CCN(C)CC4)CC3)c3ccccc3)cc2[nH]1. The topological polar surface area (TPSA) is 62.9 Å². The molecule has 0 saturated carbocycles. The van der Waals surface area contributed by atoms with Crippen molar-refractivity contribution in [2.45, 2.75) is 18.9 Å². The van der Waals surface area contributed by atoms with Gasteiger partial charge in [-0.2, -0.15) is 0 Å². The first kappa shape index (κ1) is 21.4. The van der Waals surface area contributed by atoms with Gasteiger partial charge in [-0.15, -0.1) is 0 Å². The molecule has 2 aromatic carbocycles. The standard InChI is InChI=1S/C27H33N5O2/c1-29-13-10-23(11-14-29)30-15-17-31(18-16-30)26(33)20-32(24-5-3-2-4-6-24)27(34)22-8-7-21-9-12-28-25(21)19-22/h2-9,12,19,23,28H,10-11,13-18,20H2,1H3/i12D. The first-order valence-electron chi connectivity index (χ1n) is 12.6. The highest BCUT2D eigenvalue weighted by atomic mass is 16.2. The van der Waals surface area contributed by atoms with Crippen molar-refractivity contribution in [3.05, 3.63) is 66.3 Å². The molecule has 0 bridgehead atoms. The maximum Gasteiger partial charge on any atom is 0.258 e. The summed E-state index contributed by atoms with van der Waals surface area (Å²) in [5.74, 6) is -0.253. The first-order chi connectivity index (χ1) is 17.0. The fraction of sp³-hybridized carbons (Fsp3) is 0.407. The zero-order chi connectivity index (χ0) is 24.4. The number of aromatic amines is 1. The number of amides is 2. The van der Waals surface area contributed by atoms with E-state index in [1.807, 2.05) is 41.3 Å². The third-order valence-corrected chi connectivity index (χ3v) is 7.21. The third kappa shape index (κ3) is 4.86. The summed E-state index contributed by atoms with van der Waals surface area (Å²) in [6.45, 7) is 5.44. The lowest BCUT2D eigenvalue weighted by Gasteiger charge is -2.42. The van der Waals surface area contributed by atoms with E-state index in [2.05, 4.69) is 21.8 Å². The largest absolute Gasteiger partial charge is 0.361 e. The molecule has 0 aliphatic carbocycles. The van der Waals surface area contributed by atoms with Crippen molar-refractivity contribution in [3.63, 3.8) is 0 Å². The molecular formula is C27H33N5O2. The van der Waals surface area contributed by atoms with Gasteiger partial charge in [0.1, 0.15) is 6.54 Å². The van der Waals surface area contributed by atoms with Crippen LogP contribution in [0.25, 0.3) is 10.9 Å². The number of fused-ring (bicyclic) bond motifs is 1. The van der Waals surface area contributed by atoms with Gasteiger partial charge in [-0.25, -0.2) is 0 Å². The normalized spacial score (nSPS) is 18.7. The molecule has 1 aromatic heterocycles. The highest BCUT2D eigenvalue weighted by Crippen LogP contribution is 2.21. The molecule has 34 heavy (non-hydrogen) atoms. The molecule has 0 radical (unpaired) electrons. The van der Waals surface area contributed by atoms with E-state index in [1.165, 1.54) is 12.8 Å². The van der Waals surface area contributed by atoms with Crippen molar-refractivity contribution in [3.8, 4) is 0 Å². The molecular weight excluding hydrogens is 426 g/mol. The van der Waals surface area contributed by atoms with Crippen LogP contribution in [0.3, 0.4) is 0 Å². The number of carbonyl (C=O) groups is 2. The number of carbonyl (C=O) groups excluding carboxylic acids is 2. The number of likely N-dealkylation sites (tertiary alicyclic amines) is 1. The number of H-pyrrole nitrogens is 1. The monoisotopic (exact) mass is 460 g/mol. The zero-order valence-electron chi connectivity index (χ0n) is 20.7. The molecule has 178 valence electrons. The van der Waals surface area contributed by atoms with Gasteiger partial charge in [-0.05, 0) is 68.7 Å². The first-order valence-corrected chi connectivity index (χ1v) is 12.1. The van der Waals surface area contributed by atoms with Gasteiger partial charge in [-0.3, -0.25) is 19.4 Å². The van der Waals surface area contributed by atoms with Gasteiger partial charge in [0, 0.05) is 55.2 Å². The van der Waals surface area contributed by atoms with Crippen LogP contribution in [-0.4, -0.2) is 90.4 Å². The van der Waals surface area contributed by atoms with Gasteiger partial charge in [0.05, 0.1) is 1.37 Å². The quantitative estimate of drug-likeness (QED) is 0.636. The number of piperidine rings is 1. The molecule has 2 amide bonds. The summed E-state index contributed by atoms with van der Waals surface area (Å²) in [4.78, 5) is 38.3. The average molecular weight is 461 g/mol. The van der Waals surface area contributed by atoms with Crippen LogP contribution < -0.4 is 4.90 Å². The lowest BCUT2D eigenvalue weighted by atomic mass is 10.0. The maximum atomic E-state index is 13.6.